The second-order valence-corrected chi connectivity index (χ2v) is 6.84. The lowest BCUT2D eigenvalue weighted by molar-refractivity contribution is -0.115. The lowest BCUT2D eigenvalue weighted by Crippen LogP contribution is -2.19. The number of rotatable bonds is 7. The Morgan fingerprint density at radius 1 is 1.21 bits per heavy atom. The molecule has 2 aromatic carbocycles. The van der Waals surface area contributed by atoms with Gasteiger partial charge in [0.05, 0.1) is 6.61 Å². The number of alkyl halides is 2. The van der Waals surface area contributed by atoms with Gasteiger partial charge in [-0.1, -0.05) is 43.0 Å². The highest BCUT2D eigenvalue weighted by Gasteiger charge is 2.23. The van der Waals surface area contributed by atoms with E-state index in [0.717, 1.165) is 23.6 Å². The molecule has 0 radical (unpaired) electrons. The van der Waals surface area contributed by atoms with Crippen molar-refractivity contribution in [1.29, 1.82) is 0 Å². The third kappa shape index (κ3) is 5.60. The summed E-state index contributed by atoms with van der Waals surface area (Å²) in [6.07, 6.45) is 1.43. The molecule has 0 heterocycles. The maximum atomic E-state index is 13.3. The van der Waals surface area contributed by atoms with E-state index in [-0.39, 0.29) is 11.5 Å². The minimum Gasteiger partial charge on any atom is -0.380 e. The van der Waals surface area contributed by atoms with Gasteiger partial charge < -0.3 is 10.1 Å². The molecule has 0 aliphatic rings. The molecule has 0 saturated carbocycles. The summed E-state index contributed by atoms with van der Waals surface area (Å²) in [7, 11) is 1.62. The van der Waals surface area contributed by atoms with E-state index in [0.29, 0.717) is 23.4 Å². The Hall–Kier alpha value is -2.79. The Labute approximate surface area is 164 Å². The largest absolute Gasteiger partial charge is 0.380 e. The standard InChI is InChI=1S/C23H25F2NO2/c1-15-6-7-18(14-28-5)13-21(15)17(3)26-22(27)12-16(2)19-8-10-20(11-9-19)23(4,24)25/h6-13H,3,14H2,1-2,4-5H3,(H,26,27)/b16-12+. The number of hydrogen-bond acceptors (Lipinski definition) is 2. The maximum absolute atomic E-state index is 13.3. The number of benzene rings is 2. The molecule has 0 unspecified atom stereocenters. The molecule has 0 saturated heterocycles. The van der Waals surface area contributed by atoms with Crippen molar-refractivity contribution in [3.8, 4) is 0 Å². The fourth-order valence-electron chi connectivity index (χ4n) is 2.81. The van der Waals surface area contributed by atoms with Crippen LogP contribution in [0.5, 0.6) is 0 Å². The maximum Gasteiger partial charge on any atom is 0.270 e. The summed E-state index contributed by atoms with van der Waals surface area (Å²) >= 11 is 0. The number of hydrogen-bond donors (Lipinski definition) is 1. The number of nitrogens with one attached hydrogen (secondary N) is 1. The first-order valence-corrected chi connectivity index (χ1v) is 8.87. The van der Waals surface area contributed by atoms with Crippen molar-refractivity contribution < 1.29 is 18.3 Å². The summed E-state index contributed by atoms with van der Waals surface area (Å²) in [6.45, 7) is 8.98. The van der Waals surface area contributed by atoms with E-state index in [1.165, 1.54) is 18.2 Å². The Kier molecular flexibility index (Phi) is 6.86. The summed E-state index contributed by atoms with van der Waals surface area (Å²) in [5, 5.41) is 2.77. The zero-order chi connectivity index (χ0) is 20.9. The minimum atomic E-state index is -2.89. The first-order valence-electron chi connectivity index (χ1n) is 8.87. The van der Waals surface area contributed by atoms with Gasteiger partial charge >= 0.3 is 0 Å². The third-order valence-corrected chi connectivity index (χ3v) is 4.41. The molecule has 0 atom stereocenters. The van der Waals surface area contributed by atoms with Gasteiger partial charge in [-0.2, -0.15) is 0 Å². The van der Waals surface area contributed by atoms with Crippen LogP contribution in [0.25, 0.3) is 11.3 Å². The van der Waals surface area contributed by atoms with Crippen molar-refractivity contribution in [3.63, 3.8) is 0 Å². The number of halogens is 2. The van der Waals surface area contributed by atoms with Gasteiger partial charge in [-0.25, -0.2) is 8.78 Å². The predicted molar refractivity (Wildman–Crippen MR) is 109 cm³/mol. The zero-order valence-electron chi connectivity index (χ0n) is 16.6. The van der Waals surface area contributed by atoms with Crippen molar-refractivity contribution >= 4 is 17.2 Å². The number of ether oxygens (including phenoxy) is 1. The summed E-state index contributed by atoms with van der Waals surface area (Å²) in [5.41, 5.74) is 4.61. The molecular formula is C23H25F2NO2. The van der Waals surface area contributed by atoms with E-state index in [4.69, 9.17) is 4.74 Å². The summed E-state index contributed by atoms with van der Waals surface area (Å²) < 4.78 is 31.8. The van der Waals surface area contributed by atoms with Gasteiger partial charge in [0.25, 0.3) is 5.92 Å². The van der Waals surface area contributed by atoms with E-state index in [2.05, 4.69) is 11.9 Å². The minimum absolute atomic E-state index is 0.0618. The van der Waals surface area contributed by atoms with Crippen LogP contribution in [-0.4, -0.2) is 13.0 Å². The SMILES string of the molecule is C=C(NC(=O)/C=C(\C)c1ccc(C(C)(F)F)cc1)c1cc(COC)ccc1C. The fourth-order valence-corrected chi connectivity index (χ4v) is 2.81. The molecular weight excluding hydrogens is 360 g/mol. The van der Waals surface area contributed by atoms with E-state index in [1.54, 1.807) is 26.2 Å². The summed E-state index contributed by atoms with van der Waals surface area (Å²) in [6, 6.07) is 11.8. The number of aryl methyl sites for hydroxylation is 1. The first-order chi connectivity index (χ1) is 13.1. The van der Waals surface area contributed by atoms with Crippen molar-refractivity contribution in [2.45, 2.75) is 33.3 Å². The number of methoxy groups -OCH3 is 1. The van der Waals surface area contributed by atoms with Gasteiger partial charge in [0.15, 0.2) is 0 Å². The zero-order valence-corrected chi connectivity index (χ0v) is 16.6. The molecule has 0 bridgehead atoms. The van der Waals surface area contributed by atoms with Crippen LogP contribution < -0.4 is 5.32 Å². The van der Waals surface area contributed by atoms with Crippen LogP contribution >= 0.6 is 0 Å². The lowest BCUT2D eigenvalue weighted by Gasteiger charge is -2.13. The Morgan fingerprint density at radius 2 is 1.86 bits per heavy atom. The second kappa shape index (κ2) is 8.93. The summed E-state index contributed by atoms with van der Waals surface area (Å²) in [4.78, 5) is 12.4. The van der Waals surface area contributed by atoms with Gasteiger partial charge in [-0.3, -0.25) is 4.79 Å². The number of carbonyl (C=O) groups excluding carboxylic acids is 1. The van der Waals surface area contributed by atoms with Crippen LogP contribution in [0.4, 0.5) is 8.78 Å². The molecule has 148 valence electrons. The molecule has 0 fully saturated rings. The van der Waals surface area contributed by atoms with Crippen molar-refractivity contribution in [2.75, 3.05) is 7.11 Å². The highest BCUT2D eigenvalue weighted by atomic mass is 19.3. The van der Waals surface area contributed by atoms with Gasteiger partial charge in [-0.15, -0.1) is 0 Å². The number of amides is 1. The van der Waals surface area contributed by atoms with Crippen molar-refractivity contribution in [1.82, 2.24) is 5.32 Å². The van der Waals surface area contributed by atoms with Crippen LogP contribution in [0.1, 0.15) is 41.7 Å². The highest BCUT2D eigenvalue weighted by Crippen LogP contribution is 2.28. The van der Waals surface area contributed by atoms with Crippen LogP contribution in [0, 0.1) is 6.92 Å². The van der Waals surface area contributed by atoms with Gasteiger partial charge in [0, 0.05) is 36.9 Å². The highest BCUT2D eigenvalue weighted by molar-refractivity contribution is 5.99. The van der Waals surface area contributed by atoms with Gasteiger partial charge in [0.2, 0.25) is 5.91 Å². The van der Waals surface area contributed by atoms with E-state index < -0.39 is 5.92 Å². The molecule has 5 heteroatoms. The number of carbonyl (C=O) groups is 1. The first kappa shape index (κ1) is 21.5. The number of allylic oxidation sites excluding steroid dienone is 1. The molecule has 0 aromatic heterocycles. The molecule has 1 N–H and O–H groups in total. The fraction of sp³-hybridized carbons (Fsp3) is 0.261. The molecule has 0 spiro atoms. The van der Waals surface area contributed by atoms with E-state index >= 15 is 0 Å². The Balaban J connectivity index is 2.12. The molecule has 3 nitrogen and oxygen atoms in total. The average Bonchev–Trinajstić information content (AvgIpc) is 2.62. The molecule has 2 aromatic rings. The van der Waals surface area contributed by atoms with Crippen LogP contribution in [0.3, 0.4) is 0 Å². The van der Waals surface area contributed by atoms with Crippen molar-refractivity contribution in [2.24, 2.45) is 0 Å². The quantitative estimate of drug-likeness (QED) is 0.644. The normalized spacial score (nSPS) is 12.0. The predicted octanol–water partition coefficient (Wildman–Crippen LogP) is 5.44. The summed E-state index contributed by atoms with van der Waals surface area (Å²) in [5.74, 6) is -3.22. The van der Waals surface area contributed by atoms with Crippen LogP contribution in [-0.2, 0) is 22.1 Å². The van der Waals surface area contributed by atoms with Crippen LogP contribution in [0.2, 0.25) is 0 Å². The van der Waals surface area contributed by atoms with E-state index in [1.807, 2.05) is 25.1 Å². The average molecular weight is 385 g/mol. The molecule has 0 aliphatic carbocycles. The second-order valence-electron chi connectivity index (χ2n) is 6.84. The molecule has 1 amide bonds. The van der Waals surface area contributed by atoms with Crippen LogP contribution in [0.15, 0.2) is 55.1 Å². The van der Waals surface area contributed by atoms with Gasteiger partial charge in [0.1, 0.15) is 0 Å². The van der Waals surface area contributed by atoms with Gasteiger partial charge in [-0.05, 0) is 42.2 Å². The third-order valence-electron chi connectivity index (χ3n) is 4.41. The lowest BCUT2D eigenvalue weighted by atomic mass is 10.0. The Bertz CT molecular complexity index is 894. The monoisotopic (exact) mass is 385 g/mol. The Morgan fingerprint density at radius 3 is 2.43 bits per heavy atom. The molecule has 2 rings (SSSR count). The smallest absolute Gasteiger partial charge is 0.270 e. The van der Waals surface area contributed by atoms with E-state index in [9.17, 15) is 13.6 Å². The molecule has 28 heavy (non-hydrogen) atoms. The topological polar surface area (TPSA) is 38.3 Å². The molecule has 0 aliphatic heterocycles. The van der Waals surface area contributed by atoms with Crippen molar-refractivity contribution in [3.05, 3.63) is 82.9 Å².